The summed E-state index contributed by atoms with van der Waals surface area (Å²) in [4.78, 5) is 2.69. The van der Waals surface area contributed by atoms with E-state index >= 15 is 0 Å². The lowest BCUT2D eigenvalue weighted by molar-refractivity contribution is 0.0992. The van der Waals surface area contributed by atoms with Crippen molar-refractivity contribution >= 4 is 19.9 Å². The predicted molar refractivity (Wildman–Crippen MR) is 86.8 cm³/mol. The first-order chi connectivity index (χ1) is 9.88. The molecule has 0 N–H and O–H groups in total. The van der Waals surface area contributed by atoms with Crippen LogP contribution in [0.3, 0.4) is 0 Å². The van der Waals surface area contributed by atoms with Gasteiger partial charge in [0.2, 0.25) is 0 Å². The van der Waals surface area contributed by atoms with E-state index in [1.807, 2.05) is 6.92 Å². The molecule has 0 aliphatic carbocycles. The molecule has 0 radical (unpaired) electrons. The molecule has 1 saturated heterocycles. The second kappa shape index (κ2) is 7.13. The lowest BCUT2D eigenvalue weighted by Gasteiger charge is -2.33. The van der Waals surface area contributed by atoms with Crippen molar-refractivity contribution in [2.75, 3.05) is 13.1 Å². The van der Waals surface area contributed by atoms with E-state index in [-0.39, 0.29) is 6.10 Å². The van der Waals surface area contributed by atoms with Gasteiger partial charge in [-0.1, -0.05) is 17.7 Å². The van der Waals surface area contributed by atoms with Gasteiger partial charge in [-0.25, -0.2) is 8.42 Å². The highest BCUT2D eigenvalue weighted by Crippen LogP contribution is 2.28. The van der Waals surface area contributed by atoms with Gasteiger partial charge >= 0.3 is 0 Å². The number of nitrogens with zero attached hydrogens (tertiary/aromatic N) is 1. The molecule has 0 amide bonds. The summed E-state index contributed by atoms with van der Waals surface area (Å²) in [5.41, 5.74) is 1.04. The summed E-state index contributed by atoms with van der Waals surface area (Å²) < 4.78 is 29.9. The standard InChI is InChI=1S/C15H23NO3S2/c1-12(2)16-10-8-14(9-11-16)19-20-21(17,18)15-6-4-13(3)5-7-15/h4-7,12,14H,8-11H2,1-3H3. The molecule has 6 heteroatoms. The van der Waals surface area contributed by atoms with Crippen molar-refractivity contribution in [3.8, 4) is 0 Å². The largest absolute Gasteiger partial charge is 0.301 e. The van der Waals surface area contributed by atoms with Crippen LogP contribution in [0.25, 0.3) is 0 Å². The van der Waals surface area contributed by atoms with Crippen molar-refractivity contribution in [1.82, 2.24) is 4.90 Å². The first kappa shape index (κ1) is 16.8. The third kappa shape index (κ3) is 4.71. The van der Waals surface area contributed by atoms with Crippen LogP contribution in [0, 0.1) is 6.92 Å². The molecule has 1 aromatic rings. The summed E-state index contributed by atoms with van der Waals surface area (Å²) >= 11 is 0.608. The summed E-state index contributed by atoms with van der Waals surface area (Å²) in [5, 5.41) is 0. The first-order valence-corrected chi connectivity index (χ1v) is 10.0. The van der Waals surface area contributed by atoms with E-state index in [1.54, 1.807) is 24.3 Å². The molecule has 0 atom stereocenters. The Morgan fingerprint density at radius 1 is 1.19 bits per heavy atom. The molecule has 0 saturated carbocycles. The van der Waals surface area contributed by atoms with Crippen LogP contribution in [0.15, 0.2) is 29.2 Å². The molecule has 4 nitrogen and oxygen atoms in total. The van der Waals surface area contributed by atoms with E-state index in [0.717, 1.165) is 31.5 Å². The number of rotatable bonds is 5. The highest BCUT2D eigenvalue weighted by atomic mass is 33.1. The second-order valence-corrected chi connectivity index (χ2v) is 9.19. The van der Waals surface area contributed by atoms with Crippen molar-refractivity contribution < 1.29 is 12.6 Å². The average Bonchev–Trinajstić information content (AvgIpc) is 2.46. The monoisotopic (exact) mass is 329 g/mol. The summed E-state index contributed by atoms with van der Waals surface area (Å²) in [7, 11) is -3.43. The minimum absolute atomic E-state index is 0.0187. The fourth-order valence-electron chi connectivity index (χ4n) is 2.34. The van der Waals surface area contributed by atoms with Gasteiger partial charge in [0.15, 0.2) is 0 Å². The smallest absolute Gasteiger partial charge is 0.255 e. The molecule has 1 aliphatic heterocycles. The maximum Gasteiger partial charge on any atom is 0.255 e. The van der Waals surface area contributed by atoms with E-state index in [1.165, 1.54) is 0 Å². The molecule has 0 spiro atoms. The number of hydrogen-bond donors (Lipinski definition) is 0. The Kier molecular flexibility index (Phi) is 5.71. The third-order valence-electron chi connectivity index (χ3n) is 3.78. The Hall–Kier alpha value is -0.560. The van der Waals surface area contributed by atoms with E-state index in [9.17, 15) is 8.42 Å². The summed E-state index contributed by atoms with van der Waals surface area (Å²) in [6.07, 6.45) is 1.79. The number of hydrogen-bond acceptors (Lipinski definition) is 5. The fourth-order valence-corrected chi connectivity index (χ4v) is 4.51. The average molecular weight is 329 g/mol. The van der Waals surface area contributed by atoms with Crippen LogP contribution >= 0.6 is 11.1 Å². The number of aryl methyl sites for hydroxylation is 1. The lowest BCUT2D eigenvalue weighted by atomic mass is 10.1. The van der Waals surface area contributed by atoms with Gasteiger partial charge in [0, 0.05) is 19.1 Å². The van der Waals surface area contributed by atoms with Crippen LogP contribution in [-0.2, 0) is 13.1 Å². The van der Waals surface area contributed by atoms with Gasteiger partial charge in [0.05, 0.1) is 11.0 Å². The van der Waals surface area contributed by atoms with Crippen molar-refractivity contribution in [1.29, 1.82) is 0 Å². The Balaban J connectivity index is 1.87. The normalized spacial score (nSPS) is 18.3. The highest BCUT2D eigenvalue weighted by Gasteiger charge is 2.24. The zero-order chi connectivity index (χ0) is 15.5. The molecular weight excluding hydrogens is 306 g/mol. The summed E-state index contributed by atoms with van der Waals surface area (Å²) in [5.74, 6) is 0. The number of benzene rings is 1. The predicted octanol–water partition coefficient (Wildman–Crippen LogP) is 3.22. The molecule has 1 aromatic carbocycles. The van der Waals surface area contributed by atoms with Crippen molar-refractivity contribution in [3.05, 3.63) is 29.8 Å². The number of piperidine rings is 1. The highest BCUT2D eigenvalue weighted by molar-refractivity contribution is 8.70. The van der Waals surface area contributed by atoms with Gasteiger partial charge in [-0.15, -0.1) is 0 Å². The summed E-state index contributed by atoms with van der Waals surface area (Å²) in [6, 6.07) is 7.39. The first-order valence-electron chi connectivity index (χ1n) is 7.29. The van der Waals surface area contributed by atoms with Gasteiger partial charge in [-0.2, -0.15) is 0 Å². The Bertz CT molecular complexity index is 547. The van der Waals surface area contributed by atoms with Crippen LogP contribution in [0.1, 0.15) is 32.3 Å². The van der Waals surface area contributed by atoms with Crippen molar-refractivity contribution in [2.24, 2.45) is 0 Å². The fraction of sp³-hybridized carbons (Fsp3) is 0.600. The topological polar surface area (TPSA) is 46.6 Å². The molecular formula is C15H23NO3S2. The van der Waals surface area contributed by atoms with Crippen molar-refractivity contribution in [3.63, 3.8) is 0 Å². The Morgan fingerprint density at radius 3 is 2.29 bits per heavy atom. The van der Waals surface area contributed by atoms with Gasteiger partial charge in [-0.3, -0.25) is 4.18 Å². The molecule has 21 heavy (non-hydrogen) atoms. The van der Waals surface area contributed by atoms with Gasteiger partial charge < -0.3 is 4.90 Å². The molecule has 1 heterocycles. The van der Waals surface area contributed by atoms with Gasteiger partial charge in [0.25, 0.3) is 8.87 Å². The maximum absolute atomic E-state index is 12.2. The molecule has 118 valence electrons. The van der Waals surface area contributed by atoms with E-state index in [4.69, 9.17) is 4.18 Å². The Labute approximate surface area is 131 Å². The van der Waals surface area contributed by atoms with Crippen LogP contribution in [0.2, 0.25) is 0 Å². The minimum Gasteiger partial charge on any atom is -0.301 e. The molecule has 0 aromatic heterocycles. The van der Waals surface area contributed by atoms with Crippen LogP contribution < -0.4 is 0 Å². The zero-order valence-electron chi connectivity index (χ0n) is 12.8. The lowest BCUT2D eigenvalue weighted by Crippen LogP contribution is -2.40. The van der Waals surface area contributed by atoms with E-state index < -0.39 is 8.87 Å². The SMILES string of the molecule is Cc1ccc(S(=O)(=O)SOC2CCN(C(C)C)CC2)cc1. The maximum atomic E-state index is 12.2. The summed E-state index contributed by atoms with van der Waals surface area (Å²) in [6.45, 7) is 8.22. The quantitative estimate of drug-likeness (QED) is 0.613. The van der Waals surface area contributed by atoms with Crippen LogP contribution in [0.4, 0.5) is 0 Å². The van der Waals surface area contributed by atoms with Crippen LogP contribution in [0.5, 0.6) is 0 Å². The zero-order valence-corrected chi connectivity index (χ0v) is 14.4. The van der Waals surface area contributed by atoms with E-state index in [0.29, 0.717) is 22.0 Å². The molecule has 0 unspecified atom stereocenters. The van der Waals surface area contributed by atoms with Crippen LogP contribution in [-0.4, -0.2) is 38.6 Å². The second-order valence-electron chi connectivity index (χ2n) is 5.76. The third-order valence-corrected chi connectivity index (χ3v) is 6.51. The Morgan fingerprint density at radius 2 is 1.76 bits per heavy atom. The molecule has 1 aliphatic rings. The number of likely N-dealkylation sites (tertiary alicyclic amines) is 1. The van der Waals surface area contributed by atoms with Gasteiger partial charge in [-0.05, 0) is 45.7 Å². The minimum atomic E-state index is -3.43. The molecule has 2 rings (SSSR count). The molecule has 1 fully saturated rings. The van der Waals surface area contributed by atoms with Crippen molar-refractivity contribution in [2.45, 2.75) is 50.7 Å². The molecule has 0 bridgehead atoms. The van der Waals surface area contributed by atoms with Gasteiger partial charge in [0.1, 0.15) is 11.1 Å². The van der Waals surface area contributed by atoms with E-state index in [2.05, 4.69) is 18.7 Å².